The first kappa shape index (κ1) is 17.7. The van der Waals surface area contributed by atoms with Crippen LogP contribution in [0.2, 0.25) is 0 Å². The quantitative estimate of drug-likeness (QED) is 0.919. The Kier molecular flexibility index (Phi) is 6.40. The van der Waals surface area contributed by atoms with Gasteiger partial charge in [-0.05, 0) is 37.2 Å². The van der Waals surface area contributed by atoms with Crippen LogP contribution in [0.3, 0.4) is 0 Å². The highest BCUT2D eigenvalue weighted by molar-refractivity contribution is 7.90. The van der Waals surface area contributed by atoms with E-state index in [2.05, 4.69) is 17.4 Å². The van der Waals surface area contributed by atoms with Crippen LogP contribution in [0.1, 0.15) is 5.56 Å². The second-order valence-electron chi connectivity index (χ2n) is 4.82. The Morgan fingerprint density at radius 3 is 2.43 bits per heavy atom. The Bertz CT molecular complexity index is 699. The SMILES string of the molecule is CNCCc1cccc(-c2ccccc2S(C)(=O)=O)c1.Cl. The number of hydrogen-bond donors (Lipinski definition) is 1. The van der Waals surface area contributed by atoms with Crippen LogP contribution in [0.15, 0.2) is 53.4 Å². The van der Waals surface area contributed by atoms with E-state index in [9.17, 15) is 8.42 Å². The number of halogens is 1. The van der Waals surface area contributed by atoms with Crippen LogP contribution in [0.5, 0.6) is 0 Å². The first-order valence-electron chi connectivity index (χ1n) is 6.55. The van der Waals surface area contributed by atoms with E-state index in [1.165, 1.54) is 11.8 Å². The van der Waals surface area contributed by atoms with Gasteiger partial charge < -0.3 is 5.32 Å². The van der Waals surface area contributed by atoms with Crippen molar-refractivity contribution >= 4 is 22.2 Å². The zero-order chi connectivity index (χ0) is 14.6. The minimum atomic E-state index is -3.22. The van der Waals surface area contributed by atoms with E-state index in [0.29, 0.717) is 4.90 Å². The zero-order valence-electron chi connectivity index (χ0n) is 12.2. The molecule has 3 nitrogen and oxygen atoms in total. The molecule has 0 heterocycles. The molecule has 0 bridgehead atoms. The molecule has 0 radical (unpaired) electrons. The van der Waals surface area contributed by atoms with Crippen LogP contribution in [-0.2, 0) is 16.3 Å². The van der Waals surface area contributed by atoms with Gasteiger partial charge in [-0.3, -0.25) is 0 Å². The van der Waals surface area contributed by atoms with Crippen molar-refractivity contribution in [1.29, 1.82) is 0 Å². The van der Waals surface area contributed by atoms with Crippen molar-refractivity contribution in [1.82, 2.24) is 5.32 Å². The third-order valence-electron chi connectivity index (χ3n) is 3.19. The van der Waals surface area contributed by atoms with Crippen molar-refractivity contribution in [2.24, 2.45) is 0 Å². The van der Waals surface area contributed by atoms with Gasteiger partial charge in [0.1, 0.15) is 0 Å². The van der Waals surface area contributed by atoms with Gasteiger partial charge in [0, 0.05) is 11.8 Å². The fraction of sp³-hybridized carbons (Fsp3) is 0.250. The molecule has 5 heteroatoms. The van der Waals surface area contributed by atoms with Crippen molar-refractivity contribution < 1.29 is 8.42 Å². The molecule has 114 valence electrons. The average Bonchev–Trinajstić information content (AvgIpc) is 2.44. The summed E-state index contributed by atoms with van der Waals surface area (Å²) in [6, 6.07) is 15.2. The van der Waals surface area contributed by atoms with Crippen molar-refractivity contribution in [3.05, 3.63) is 54.1 Å². The fourth-order valence-corrected chi connectivity index (χ4v) is 3.10. The largest absolute Gasteiger partial charge is 0.319 e. The molecule has 0 spiro atoms. The summed E-state index contributed by atoms with van der Waals surface area (Å²) in [5.41, 5.74) is 2.90. The van der Waals surface area contributed by atoms with E-state index in [1.54, 1.807) is 12.1 Å². The van der Waals surface area contributed by atoms with Crippen molar-refractivity contribution in [3.63, 3.8) is 0 Å². The minimum absolute atomic E-state index is 0. The molecule has 0 aliphatic carbocycles. The lowest BCUT2D eigenvalue weighted by atomic mass is 10.0. The lowest BCUT2D eigenvalue weighted by Crippen LogP contribution is -2.10. The molecule has 21 heavy (non-hydrogen) atoms. The van der Waals surface area contributed by atoms with E-state index < -0.39 is 9.84 Å². The maximum absolute atomic E-state index is 11.9. The smallest absolute Gasteiger partial charge is 0.176 e. The molecule has 0 amide bonds. The summed E-state index contributed by atoms with van der Waals surface area (Å²) in [7, 11) is -1.30. The summed E-state index contributed by atoms with van der Waals surface area (Å²) in [4.78, 5) is 0.380. The van der Waals surface area contributed by atoms with Gasteiger partial charge in [-0.2, -0.15) is 0 Å². The summed E-state index contributed by atoms with van der Waals surface area (Å²) in [5.74, 6) is 0. The van der Waals surface area contributed by atoms with Gasteiger partial charge >= 0.3 is 0 Å². The predicted molar refractivity (Wildman–Crippen MR) is 89.9 cm³/mol. The molecular formula is C16H20ClNO2S. The van der Waals surface area contributed by atoms with Gasteiger partial charge in [-0.15, -0.1) is 12.4 Å². The molecule has 0 aliphatic heterocycles. The summed E-state index contributed by atoms with van der Waals surface area (Å²) in [6.45, 7) is 0.900. The van der Waals surface area contributed by atoms with E-state index >= 15 is 0 Å². The summed E-state index contributed by atoms with van der Waals surface area (Å²) >= 11 is 0. The lowest BCUT2D eigenvalue weighted by molar-refractivity contribution is 0.602. The van der Waals surface area contributed by atoms with E-state index in [4.69, 9.17) is 0 Å². The van der Waals surface area contributed by atoms with Crippen LogP contribution in [0, 0.1) is 0 Å². The van der Waals surface area contributed by atoms with Crippen molar-refractivity contribution in [2.45, 2.75) is 11.3 Å². The van der Waals surface area contributed by atoms with Crippen LogP contribution in [0.25, 0.3) is 11.1 Å². The number of sulfone groups is 1. The molecule has 0 unspecified atom stereocenters. The third-order valence-corrected chi connectivity index (χ3v) is 4.34. The zero-order valence-corrected chi connectivity index (χ0v) is 13.8. The van der Waals surface area contributed by atoms with Crippen molar-refractivity contribution in [2.75, 3.05) is 19.8 Å². The van der Waals surface area contributed by atoms with E-state index in [0.717, 1.165) is 24.1 Å². The highest BCUT2D eigenvalue weighted by Gasteiger charge is 2.13. The van der Waals surface area contributed by atoms with E-state index in [-0.39, 0.29) is 12.4 Å². The average molecular weight is 326 g/mol. The molecule has 0 aromatic heterocycles. The number of rotatable bonds is 5. The molecule has 2 aromatic rings. The summed E-state index contributed by atoms with van der Waals surface area (Å²) < 4.78 is 23.7. The highest BCUT2D eigenvalue weighted by atomic mass is 35.5. The van der Waals surface area contributed by atoms with Crippen LogP contribution in [-0.4, -0.2) is 28.3 Å². The van der Waals surface area contributed by atoms with Gasteiger partial charge in [-0.25, -0.2) is 8.42 Å². The molecule has 0 aliphatic rings. The normalized spacial score (nSPS) is 11.0. The Labute approximate surface area is 132 Å². The standard InChI is InChI=1S/C16H19NO2S.ClH/c1-17-11-10-13-6-5-7-14(12-13)15-8-3-4-9-16(15)20(2,18)19;/h3-9,12,17H,10-11H2,1-2H3;1H. The molecule has 0 saturated heterocycles. The maximum Gasteiger partial charge on any atom is 0.176 e. The van der Waals surface area contributed by atoms with Crippen LogP contribution >= 0.6 is 12.4 Å². The molecule has 2 rings (SSSR count). The van der Waals surface area contributed by atoms with Crippen molar-refractivity contribution in [3.8, 4) is 11.1 Å². The summed E-state index contributed by atoms with van der Waals surface area (Å²) in [6.07, 6.45) is 2.17. The molecule has 0 fully saturated rings. The fourth-order valence-electron chi connectivity index (χ4n) is 2.19. The molecule has 0 atom stereocenters. The van der Waals surface area contributed by atoms with Crippen LogP contribution < -0.4 is 5.32 Å². The van der Waals surface area contributed by atoms with Crippen LogP contribution in [0.4, 0.5) is 0 Å². The molecule has 1 N–H and O–H groups in total. The minimum Gasteiger partial charge on any atom is -0.319 e. The second-order valence-corrected chi connectivity index (χ2v) is 6.81. The first-order chi connectivity index (χ1) is 9.52. The predicted octanol–water partition coefficient (Wildman–Crippen LogP) is 2.94. The monoisotopic (exact) mass is 325 g/mol. The molecular weight excluding hydrogens is 306 g/mol. The Balaban J connectivity index is 0.00000220. The first-order valence-corrected chi connectivity index (χ1v) is 8.44. The number of likely N-dealkylation sites (N-methyl/N-ethyl adjacent to an activating group) is 1. The highest BCUT2D eigenvalue weighted by Crippen LogP contribution is 2.27. The number of hydrogen-bond acceptors (Lipinski definition) is 3. The molecule has 0 saturated carbocycles. The van der Waals surface area contributed by atoms with Gasteiger partial charge in [-0.1, -0.05) is 42.5 Å². The van der Waals surface area contributed by atoms with Gasteiger partial charge in [0.15, 0.2) is 9.84 Å². The number of benzene rings is 2. The second kappa shape index (κ2) is 7.59. The Hall–Kier alpha value is -1.36. The van der Waals surface area contributed by atoms with Gasteiger partial charge in [0.05, 0.1) is 4.90 Å². The lowest BCUT2D eigenvalue weighted by Gasteiger charge is -2.09. The number of nitrogens with one attached hydrogen (secondary N) is 1. The third kappa shape index (κ3) is 4.56. The van der Waals surface area contributed by atoms with Gasteiger partial charge in [0.25, 0.3) is 0 Å². The molecule has 2 aromatic carbocycles. The topological polar surface area (TPSA) is 46.2 Å². The Morgan fingerprint density at radius 2 is 1.76 bits per heavy atom. The van der Waals surface area contributed by atoms with Gasteiger partial charge in [0.2, 0.25) is 0 Å². The van der Waals surface area contributed by atoms with E-state index in [1.807, 2.05) is 31.3 Å². The summed E-state index contributed by atoms with van der Waals surface area (Å²) in [5, 5.41) is 3.12. The maximum atomic E-state index is 11.9. The Morgan fingerprint density at radius 1 is 1.05 bits per heavy atom.